The summed E-state index contributed by atoms with van der Waals surface area (Å²) in [4.78, 5) is 12.6. The van der Waals surface area contributed by atoms with Crippen LogP contribution in [0.3, 0.4) is 0 Å². The van der Waals surface area contributed by atoms with E-state index in [1.165, 1.54) is 12.1 Å². The molecule has 0 spiro atoms. The van der Waals surface area contributed by atoms with E-state index in [9.17, 15) is 13.2 Å². The lowest BCUT2D eigenvalue weighted by atomic mass is 10.3. The molecule has 20 heavy (non-hydrogen) atoms. The van der Waals surface area contributed by atoms with Crippen molar-refractivity contribution in [3.63, 3.8) is 0 Å². The maximum Gasteiger partial charge on any atom is 0.513 e. The lowest BCUT2D eigenvalue weighted by molar-refractivity contribution is 0.104. The highest BCUT2D eigenvalue weighted by Gasteiger charge is 2.10. The summed E-state index contributed by atoms with van der Waals surface area (Å²) in [5.74, 6) is 0.130. The summed E-state index contributed by atoms with van der Waals surface area (Å²) < 4.78 is 39.3. The normalized spacial score (nSPS) is 10.5. The van der Waals surface area contributed by atoms with E-state index in [-0.39, 0.29) is 17.3 Å². The van der Waals surface area contributed by atoms with Gasteiger partial charge < -0.3 is 14.4 Å². The van der Waals surface area contributed by atoms with Gasteiger partial charge in [0.25, 0.3) is 10.1 Å². The van der Waals surface area contributed by atoms with Gasteiger partial charge in [-0.3, -0.25) is 4.55 Å². The first kappa shape index (κ1) is 18.4. The number of nitrogens with zero attached hydrogens (tertiary/aromatic N) is 1. The quantitative estimate of drug-likeness (QED) is 0.515. The van der Waals surface area contributed by atoms with Crippen molar-refractivity contribution in [2.75, 3.05) is 27.7 Å². The number of hydrogen-bond acceptors (Lipinski definition) is 6. The number of carbonyl (C=O) groups is 1. The van der Waals surface area contributed by atoms with E-state index < -0.39 is 16.3 Å². The van der Waals surface area contributed by atoms with Gasteiger partial charge >= 0.3 is 6.16 Å². The van der Waals surface area contributed by atoms with Gasteiger partial charge in [-0.2, -0.15) is 8.42 Å². The summed E-state index contributed by atoms with van der Waals surface area (Å²) in [5, 5.41) is 0. The van der Waals surface area contributed by atoms with Gasteiger partial charge in [-0.05, 0) is 52.3 Å². The Hall–Kier alpha value is -1.64. The van der Waals surface area contributed by atoms with Crippen LogP contribution in [0.25, 0.3) is 0 Å². The highest BCUT2D eigenvalue weighted by Crippen LogP contribution is 2.15. The van der Waals surface area contributed by atoms with E-state index in [0.717, 1.165) is 12.1 Å². The van der Waals surface area contributed by atoms with Crippen LogP contribution in [-0.2, 0) is 14.9 Å². The Morgan fingerprint density at radius 1 is 1.20 bits per heavy atom. The molecule has 114 valence electrons. The number of benzene rings is 1. The van der Waals surface area contributed by atoms with E-state index >= 15 is 0 Å². The predicted molar refractivity (Wildman–Crippen MR) is 73.5 cm³/mol. The van der Waals surface area contributed by atoms with Gasteiger partial charge in [-0.1, -0.05) is 0 Å². The minimum absolute atomic E-state index is 0.130. The molecule has 7 nitrogen and oxygen atoms in total. The Balaban J connectivity index is 0.000000796. The first-order chi connectivity index (χ1) is 9.16. The minimum Gasteiger partial charge on any atom is -0.434 e. The Kier molecular flexibility index (Phi) is 7.82. The van der Waals surface area contributed by atoms with Gasteiger partial charge in [0.2, 0.25) is 0 Å². The third-order valence-electron chi connectivity index (χ3n) is 1.58. The second kappa shape index (κ2) is 8.51. The van der Waals surface area contributed by atoms with E-state index in [1.807, 2.05) is 26.0 Å². The molecule has 0 aliphatic heterocycles. The lowest BCUT2D eigenvalue weighted by Crippen LogP contribution is -2.10. The molecule has 1 N–H and O–H groups in total. The molecule has 0 heterocycles. The van der Waals surface area contributed by atoms with E-state index in [4.69, 9.17) is 4.55 Å². The average Bonchev–Trinajstić information content (AvgIpc) is 2.27. The molecule has 8 heteroatoms. The first-order valence-electron chi connectivity index (χ1n) is 5.70. The molecule has 0 saturated heterocycles. The van der Waals surface area contributed by atoms with Crippen LogP contribution in [0.15, 0.2) is 29.2 Å². The van der Waals surface area contributed by atoms with E-state index in [2.05, 4.69) is 9.47 Å². The second-order valence-electron chi connectivity index (χ2n) is 4.07. The van der Waals surface area contributed by atoms with Crippen LogP contribution < -0.4 is 4.74 Å². The van der Waals surface area contributed by atoms with Crippen LogP contribution in [0.4, 0.5) is 4.79 Å². The van der Waals surface area contributed by atoms with Gasteiger partial charge in [0.05, 0.1) is 11.5 Å². The van der Waals surface area contributed by atoms with Gasteiger partial charge in [0.1, 0.15) is 5.75 Å². The summed E-state index contributed by atoms with van der Waals surface area (Å²) in [6, 6.07) is 4.70. The Morgan fingerprint density at radius 2 is 1.65 bits per heavy atom. The summed E-state index contributed by atoms with van der Waals surface area (Å²) in [6.45, 7) is 1.81. The Labute approximate surface area is 118 Å². The van der Waals surface area contributed by atoms with Gasteiger partial charge in [0, 0.05) is 0 Å². The molecule has 0 radical (unpaired) electrons. The molecule has 1 rings (SSSR count). The molecule has 0 bridgehead atoms. The molecule has 0 fully saturated rings. The SMILES string of the molecule is CCOC(=O)Oc1ccc(S(=O)(=O)O)cc1.CN(C)C. The third-order valence-corrected chi connectivity index (χ3v) is 2.45. The van der Waals surface area contributed by atoms with Crippen molar-refractivity contribution < 1.29 is 27.2 Å². The number of rotatable bonds is 3. The van der Waals surface area contributed by atoms with E-state index in [0.29, 0.717) is 0 Å². The summed E-state index contributed by atoms with van der Waals surface area (Å²) in [5.41, 5.74) is 0. The molecule has 0 aliphatic carbocycles. The van der Waals surface area contributed by atoms with Crippen LogP contribution in [0, 0.1) is 0 Å². The molecule has 0 amide bonds. The van der Waals surface area contributed by atoms with Gasteiger partial charge in [-0.15, -0.1) is 0 Å². The van der Waals surface area contributed by atoms with Crippen molar-refractivity contribution in [3.05, 3.63) is 24.3 Å². The second-order valence-corrected chi connectivity index (χ2v) is 5.49. The van der Waals surface area contributed by atoms with E-state index in [1.54, 1.807) is 6.92 Å². The zero-order valence-electron chi connectivity index (χ0n) is 11.9. The number of ether oxygens (including phenoxy) is 2. The number of hydrogen-bond donors (Lipinski definition) is 1. The maximum atomic E-state index is 10.9. The van der Waals surface area contributed by atoms with Gasteiger partial charge in [-0.25, -0.2) is 4.79 Å². The maximum absolute atomic E-state index is 10.9. The monoisotopic (exact) mass is 305 g/mol. The van der Waals surface area contributed by atoms with Crippen LogP contribution in [0.5, 0.6) is 5.75 Å². The molecule has 0 saturated carbocycles. The van der Waals surface area contributed by atoms with Crippen LogP contribution in [-0.4, -0.2) is 51.8 Å². The van der Waals surface area contributed by atoms with Crippen LogP contribution >= 0.6 is 0 Å². The fraction of sp³-hybridized carbons (Fsp3) is 0.417. The topological polar surface area (TPSA) is 93.1 Å². The zero-order valence-corrected chi connectivity index (χ0v) is 12.7. The third kappa shape index (κ3) is 8.46. The molecule has 0 aliphatic rings. The van der Waals surface area contributed by atoms with Crippen molar-refractivity contribution in [3.8, 4) is 5.75 Å². The molecule has 0 aromatic heterocycles. The fourth-order valence-electron chi connectivity index (χ4n) is 0.923. The smallest absolute Gasteiger partial charge is 0.434 e. The van der Waals surface area contributed by atoms with Crippen LogP contribution in [0.1, 0.15) is 6.92 Å². The van der Waals surface area contributed by atoms with Crippen molar-refractivity contribution in [2.45, 2.75) is 11.8 Å². The summed E-state index contributed by atoms with van der Waals surface area (Å²) in [6.07, 6.45) is -0.873. The molecular formula is C12H19NO6S. The van der Waals surface area contributed by atoms with Gasteiger partial charge in [0.15, 0.2) is 0 Å². The molecular weight excluding hydrogens is 286 g/mol. The molecule has 0 unspecified atom stereocenters. The largest absolute Gasteiger partial charge is 0.513 e. The highest BCUT2D eigenvalue weighted by atomic mass is 32.2. The van der Waals surface area contributed by atoms with Crippen molar-refractivity contribution in [1.29, 1.82) is 0 Å². The standard InChI is InChI=1S/C9H10O6S.C3H9N/c1-2-14-9(10)15-7-3-5-8(6-4-7)16(11,12)13;1-4(2)3/h3-6H,2H2,1H3,(H,11,12,13);1-3H3. The lowest BCUT2D eigenvalue weighted by Gasteiger charge is -2.04. The van der Waals surface area contributed by atoms with Crippen molar-refractivity contribution in [2.24, 2.45) is 0 Å². The Morgan fingerprint density at radius 3 is 2.00 bits per heavy atom. The molecule has 0 atom stereocenters. The minimum atomic E-state index is -4.23. The summed E-state index contributed by atoms with van der Waals surface area (Å²) in [7, 11) is 1.77. The van der Waals surface area contributed by atoms with Crippen molar-refractivity contribution in [1.82, 2.24) is 4.90 Å². The average molecular weight is 305 g/mol. The van der Waals surface area contributed by atoms with Crippen LogP contribution in [0.2, 0.25) is 0 Å². The first-order valence-corrected chi connectivity index (χ1v) is 7.14. The number of carbonyl (C=O) groups excluding carboxylic acids is 1. The molecule has 1 aromatic carbocycles. The highest BCUT2D eigenvalue weighted by molar-refractivity contribution is 7.85. The van der Waals surface area contributed by atoms with Crippen molar-refractivity contribution >= 4 is 16.3 Å². The summed E-state index contributed by atoms with van der Waals surface area (Å²) >= 11 is 0. The Bertz CT molecular complexity index is 506. The zero-order chi connectivity index (χ0) is 15.8. The fourth-order valence-corrected chi connectivity index (χ4v) is 1.40. The molecule has 1 aromatic rings. The predicted octanol–water partition coefficient (Wildman–Crippen LogP) is 1.65.